The van der Waals surface area contributed by atoms with E-state index < -0.39 is 23.4 Å². The number of carbonyl (C=O) groups excluding carboxylic acids is 3. The van der Waals surface area contributed by atoms with Crippen LogP contribution in [-0.2, 0) is 20.7 Å². The van der Waals surface area contributed by atoms with E-state index in [1.165, 1.54) is 6.07 Å². The van der Waals surface area contributed by atoms with Gasteiger partial charge in [-0.15, -0.1) is 0 Å². The first-order valence-corrected chi connectivity index (χ1v) is 15.1. The molecular formula is C31H36Cl2FN5O4. The maximum atomic E-state index is 14.9. The summed E-state index contributed by atoms with van der Waals surface area (Å²) in [5.41, 5.74) is 1.16. The average molecular weight is 633 g/mol. The lowest BCUT2D eigenvalue weighted by atomic mass is 9.93. The van der Waals surface area contributed by atoms with Crippen molar-refractivity contribution in [2.24, 2.45) is 0 Å². The number of nitriles is 1. The van der Waals surface area contributed by atoms with E-state index in [0.717, 1.165) is 30.0 Å². The monoisotopic (exact) mass is 631 g/mol. The number of halogens is 3. The number of hydrogen-bond donors (Lipinski definition) is 2. The summed E-state index contributed by atoms with van der Waals surface area (Å²) in [6, 6.07) is 7.05. The molecule has 2 aromatic rings. The number of nitrogens with one attached hydrogen (secondary N) is 2. The summed E-state index contributed by atoms with van der Waals surface area (Å²) < 4.78 is 20.4. The van der Waals surface area contributed by atoms with Crippen molar-refractivity contribution in [3.63, 3.8) is 0 Å². The number of nitrogens with zero attached hydrogens (tertiary/aromatic N) is 3. The standard InChI is InChI=1S/C31H36Cl2FN5O4/c1-18-29-19(11-21(32)13-23(29)33)8-10-38(18)28(41)17-36-26-15-25(20(16-35)12-24(26)34)37-27(40)14-22-7-5-6-9-39(22)30(42)43-31(2,3)4/h11-13,15,18,22,36H,5-10,14,17H2,1-4H3,(H,37,40). The first kappa shape index (κ1) is 32.4. The van der Waals surface area contributed by atoms with Crippen molar-refractivity contribution in [2.75, 3.05) is 30.3 Å². The highest BCUT2D eigenvalue weighted by atomic mass is 35.5. The summed E-state index contributed by atoms with van der Waals surface area (Å²) in [6.07, 6.45) is 2.41. The van der Waals surface area contributed by atoms with Crippen molar-refractivity contribution in [3.8, 4) is 6.07 Å². The minimum Gasteiger partial charge on any atom is -0.444 e. The summed E-state index contributed by atoms with van der Waals surface area (Å²) in [6.45, 7) is 7.94. The quantitative estimate of drug-likeness (QED) is 0.367. The van der Waals surface area contributed by atoms with Crippen LogP contribution >= 0.6 is 23.2 Å². The van der Waals surface area contributed by atoms with Crippen molar-refractivity contribution in [1.29, 1.82) is 5.26 Å². The van der Waals surface area contributed by atoms with Gasteiger partial charge in [0.2, 0.25) is 11.8 Å². The number of amides is 3. The Kier molecular flexibility index (Phi) is 10.1. The Morgan fingerprint density at radius 1 is 1.09 bits per heavy atom. The van der Waals surface area contributed by atoms with E-state index in [-0.39, 0.29) is 47.9 Å². The first-order chi connectivity index (χ1) is 20.3. The first-order valence-electron chi connectivity index (χ1n) is 14.3. The predicted molar refractivity (Wildman–Crippen MR) is 164 cm³/mol. The number of fused-ring (bicyclic) bond motifs is 1. The lowest BCUT2D eigenvalue weighted by molar-refractivity contribution is -0.131. The van der Waals surface area contributed by atoms with E-state index in [9.17, 15) is 24.0 Å². The van der Waals surface area contributed by atoms with Crippen LogP contribution in [0.2, 0.25) is 10.0 Å². The van der Waals surface area contributed by atoms with Crippen LogP contribution < -0.4 is 10.6 Å². The molecule has 3 amide bonds. The fourth-order valence-electron chi connectivity index (χ4n) is 5.61. The Morgan fingerprint density at radius 2 is 1.84 bits per heavy atom. The number of rotatable bonds is 6. The van der Waals surface area contributed by atoms with Crippen molar-refractivity contribution in [2.45, 2.75) is 77.5 Å². The molecule has 12 heteroatoms. The largest absolute Gasteiger partial charge is 0.444 e. The van der Waals surface area contributed by atoms with Gasteiger partial charge >= 0.3 is 6.09 Å². The van der Waals surface area contributed by atoms with E-state index in [2.05, 4.69) is 10.6 Å². The van der Waals surface area contributed by atoms with Crippen LogP contribution in [0.4, 0.5) is 20.6 Å². The molecule has 4 rings (SSSR count). The normalized spacial score (nSPS) is 18.4. The number of hydrogen-bond acceptors (Lipinski definition) is 6. The van der Waals surface area contributed by atoms with Gasteiger partial charge in [-0.3, -0.25) is 9.59 Å². The number of anilines is 2. The lowest BCUT2D eigenvalue weighted by Crippen LogP contribution is -2.47. The average Bonchev–Trinajstić information content (AvgIpc) is 2.91. The molecule has 9 nitrogen and oxygen atoms in total. The summed E-state index contributed by atoms with van der Waals surface area (Å²) >= 11 is 12.6. The smallest absolute Gasteiger partial charge is 0.410 e. The number of piperidine rings is 1. The highest BCUT2D eigenvalue weighted by molar-refractivity contribution is 6.35. The molecule has 2 aliphatic heterocycles. The molecule has 43 heavy (non-hydrogen) atoms. The Hall–Kier alpha value is -3.55. The molecule has 2 atom stereocenters. The summed E-state index contributed by atoms with van der Waals surface area (Å²) in [5, 5.41) is 16.1. The summed E-state index contributed by atoms with van der Waals surface area (Å²) in [5.74, 6) is -1.43. The molecule has 2 aliphatic rings. The van der Waals surface area contributed by atoms with Crippen LogP contribution in [-0.4, -0.2) is 59.0 Å². The van der Waals surface area contributed by atoms with E-state index >= 15 is 0 Å². The van der Waals surface area contributed by atoms with Crippen LogP contribution in [0.15, 0.2) is 24.3 Å². The zero-order valence-electron chi connectivity index (χ0n) is 24.7. The molecule has 2 unspecified atom stereocenters. The molecule has 0 saturated carbocycles. The Labute approximate surface area is 261 Å². The number of likely N-dealkylation sites (tertiary alicyclic amines) is 1. The molecule has 1 saturated heterocycles. The molecule has 0 bridgehead atoms. The van der Waals surface area contributed by atoms with Crippen molar-refractivity contribution in [3.05, 3.63) is 56.8 Å². The van der Waals surface area contributed by atoms with Gasteiger partial charge in [0.25, 0.3) is 0 Å². The van der Waals surface area contributed by atoms with Crippen LogP contribution in [0.5, 0.6) is 0 Å². The Bertz CT molecular complexity index is 1460. The lowest BCUT2D eigenvalue weighted by Gasteiger charge is -2.36. The molecule has 0 aliphatic carbocycles. The van der Waals surface area contributed by atoms with Gasteiger partial charge in [0.1, 0.15) is 17.5 Å². The molecule has 2 heterocycles. The van der Waals surface area contributed by atoms with Crippen LogP contribution in [0.3, 0.4) is 0 Å². The van der Waals surface area contributed by atoms with E-state index in [1.54, 1.807) is 36.6 Å². The topological polar surface area (TPSA) is 115 Å². The fourth-order valence-corrected chi connectivity index (χ4v) is 6.30. The van der Waals surface area contributed by atoms with Crippen LogP contribution in [0.25, 0.3) is 0 Å². The van der Waals surface area contributed by atoms with Gasteiger partial charge in [-0.1, -0.05) is 23.2 Å². The highest BCUT2D eigenvalue weighted by Gasteiger charge is 2.32. The second kappa shape index (κ2) is 13.4. The third-order valence-corrected chi connectivity index (χ3v) is 8.15. The van der Waals surface area contributed by atoms with Gasteiger partial charge in [-0.2, -0.15) is 5.26 Å². The third-order valence-electron chi connectivity index (χ3n) is 7.62. The molecule has 2 aromatic carbocycles. The molecule has 0 spiro atoms. The van der Waals surface area contributed by atoms with Crippen molar-refractivity contribution < 1.29 is 23.5 Å². The van der Waals surface area contributed by atoms with Gasteiger partial charge in [0, 0.05) is 35.6 Å². The van der Waals surface area contributed by atoms with Gasteiger partial charge < -0.3 is 25.2 Å². The fraction of sp³-hybridized carbons (Fsp3) is 0.484. The summed E-state index contributed by atoms with van der Waals surface area (Å²) in [4.78, 5) is 42.2. The van der Waals surface area contributed by atoms with Crippen molar-refractivity contribution >= 4 is 52.5 Å². The molecule has 0 radical (unpaired) electrons. The maximum absolute atomic E-state index is 14.9. The van der Waals surface area contributed by atoms with E-state index in [0.29, 0.717) is 36.0 Å². The molecule has 1 fully saturated rings. The Balaban J connectivity index is 1.43. The molecule has 0 aromatic heterocycles. The Morgan fingerprint density at radius 3 is 2.53 bits per heavy atom. The van der Waals surface area contributed by atoms with Gasteiger partial charge in [-0.25, -0.2) is 9.18 Å². The highest BCUT2D eigenvalue weighted by Crippen LogP contribution is 2.37. The zero-order chi connectivity index (χ0) is 31.5. The van der Waals surface area contributed by atoms with Crippen LogP contribution in [0, 0.1) is 17.1 Å². The zero-order valence-corrected chi connectivity index (χ0v) is 26.2. The van der Waals surface area contributed by atoms with Gasteiger partial charge in [0.15, 0.2) is 0 Å². The minimum atomic E-state index is -0.736. The molecule has 230 valence electrons. The SMILES string of the molecule is CC1c2c(Cl)cc(Cl)cc2CCN1C(=O)CNc1cc(NC(=O)CC2CCCCN2C(=O)OC(C)(C)C)c(C#N)cc1F. The van der Waals surface area contributed by atoms with Crippen LogP contribution in [0.1, 0.15) is 76.1 Å². The number of benzene rings is 2. The molecular weight excluding hydrogens is 596 g/mol. The van der Waals surface area contributed by atoms with Crippen molar-refractivity contribution in [1.82, 2.24) is 9.80 Å². The second-order valence-corrected chi connectivity index (χ2v) is 12.7. The number of ether oxygens (including phenoxy) is 1. The van der Waals surface area contributed by atoms with Gasteiger partial charge in [0.05, 0.1) is 29.5 Å². The second-order valence-electron chi connectivity index (χ2n) is 11.9. The molecule has 2 N–H and O–H groups in total. The van der Waals surface area contributed by atoms with Gasteiger partial charge in [-0.05, 0) is 88.8 Å². The summed E-state index contributed by atoms with van der Waals surface area (Å²) in [7, 11) is 0. The number of carbonyl (C=O) groups is 3. The van der Waals surface area contributed by atoms with E-state index in [4.69, 9.17) is 27.9 Å². The van der Waals surface area contributed by atoms with E-state index in [1.807, 2.05) is 19.1 Å². The minimum absolute atomic E-state index is 0.00910. The maximum Gasteiger partial charge on any atom is 0.410 e. The third kappa shape index (κ3) is 7.89. The predicted octanol–water partition coefficient (Wildman–Crippen LogP) is 6.68.